The number of aliphatic hydroxyl groups is 2. The molecule has 1 rings (SSSR count). The molecular weight excluding hydrogens is 270 g/mol. The fraction of sp³-hybridized carbons (Fsp3) is 0.400. The summed E-state index contributed by atoms with van der Waals surface area (Å²) in [6, 6.07) is 2.35. The number of hydrogen-bond donors (Lipinski definition) is 2. The summed E-state index contributed by atoms with van der Waals surface area (Å²) in [5, 5.41) is 18.8. The van der Waals surface area contributed by atoms with Gasteiger partial charge >= 0.3 is 0 Å². The van der Waals surface area contributed by atoms with E-state index in [9.17, 15) is 19.0 Å². The molecule has 0 heterocycles. The maximum absolute atomic E-state index is 13.5. The molecule has 0 amide bonds. The first-order valence-corrected chi connectivity index (χ1v) is 5.47. The number of halogens is 3. The largest absolute Gasteiger partial charge is 0.389 e. The van der Waals surface area contributed by atoms with E-state index in [0.29, 0.717) is 0 Å². The van der Waals surface area contributed by atoms with Gasteiger partial charge in [0, 0.05) is 5.33 Å². The second-order valence-electron chi connectivity index (χ2n) is 3.26. The minimum absolute atomic E-state index is 0.0426. The summed E-state index contributed by atoms with van der Waals surface area (Å²) in [7, 11) is 0. The molecule has 0 saturated carbocycles. The fourth-order valence-corrected chi connectivity index (χ4v) is 1.58. The highest BCUT2D eigenvalue weighted by Crippen LogP contribution is 2.26. The first-order chi connectivity index (χ1) is 6.99. The van der Waals surface area contributed by atoms with Gasteiger partial charge in [-0.15, -0.1) is 0 Å². The number of aryl methyl sites for hydroxylation is 1. The molecule has 0 aromatic heterocycles. The molecule has 2 N–H and O–H groups in total. The van der Waals surface area contributed by atoms with Crippen LogP contribution in [-0.2, 0) is 0 Å². The van der Waals surface area contributed by atoms with E-state index in [1.807, 2.05) is 0 Å². The van der Waals surface area contributed by atoms with Gasteiger partial charge in [0.05, 0.1) is 11.7 Å². The average Bonchev–Trinajstić information content (AvgIpc) is 2.22. The number of benzene rings is 1. The molecule has 0 fully saturated rings. The lowest BCUT2D eigenvalue weighted by Gasteiger charge is -2.17. The van der Waals surface area contributed by atoms with Crippen molar-refractivity contribution in [2.45, 2.75) is 19.1 Å². The van der Waals surface area contributed by atoms with Crippen LogP contribution in [0, 0.1) is 18.6 Å². The average molecular weight is 281 g/mol. The maximum atomic E-state index is 13.5. The molecule has 2 unspecified atom stereocenters. The Morgan fingerprint density at radius 2 is 1.93 bits per heavy atom. The lowest BCUT2D eigenvalue weighted by molar-refractivity contribution is 0.0295. The lowest BCUT2D eigenvalue weighted by atomic mass is 10.0. The Hall–Kier alpha value is -0.520. The van der Waals surface area contributed by atoms with Gasteiger partial charge in [-0.3, -0.25) is 0 Å². The van der Waals surface area contributed by atoms with E-state index in [-0.39, 0.29) is 10.9 Å². The van der Waals surface area contributed by atoms with Crippen LogP contribution in [-0.4, -0.2) is 21.6 Å². The van der Waals surface area contributed by atoms with Crippen molar-refractivity contribution < 1.29 is 19.0 Å². The first-order valence-electron chi connectivity index (χ1n) is 4.35. The van der Waals surface area contributed by atoms with E-state index in [1.54, 1.807) is 0 Å². The molecule has 0 aliphatic rings. The van der Waals surface area contributed by atoms with Gasteiger partial charge in [0.1, 0.15) is 17.7 Å². The zero-order chi connectivity index (χ0) is 11.6. The Labute approximate surface area is 94.7 Å². The van der Waals surface area contributed by atoms with Crippen molar-refractivity contribution in [2.75, 3.05) is 5.33 Å². The maximum Gasteiger partial charge on any atom is 0.134 e. The van der Waals surface area contributed by atoms with Gasteiger partial charge in [-0.1, -0.05) is 22.0 Å². The molecule has 0 spiro atoms. The molecule has 15 heavy (non-hydrogen) atoms. The van der Waals surface area contributed by atoms with Gasteiger partial charge in [0.15, 0.2) is 0 Å². The smallest absolute Gasteiger partial charge is 0.134 e. The standard InChI is InChI=1S/C10H11BrF2O2/c1-5-2-3-6(12)8(9(5)13)10(15)7(14)4-11/h2-3,7,10,14-15H,4H2,1H3. The van der Waals surface area contributed by atoms with E-state index in [2.05, 4.69) is 15.9 Å². The van der Waals surface area contributed by atoms with Crippen LogP contribution in [0.5, 0.6) is 0 Å². The van der Waals surface area contributed by atoms with Gasteiger partial charge in [-0.25, -0.2) is 8.78 Å². The summed E-state index contributed by atoms with van der Waals surface area (Å²) in [5.74, 6) is -1.67. The normalized spacial score (nSPS) is 15.1. The van der Waals surface area contributed by atoms with Crippen LogP contribution in [0.1, 0.15) is 17.2 Å². The Morgan fingerprint density at radius 3 is 2.47 bits per heavy atom. The van der Waals surface area contributed by atoms with Gasteiger partial charge in [-0.2, -0.15) is 0 Å². The molecule has 0 saturated heterocycles. The highest BCUT2D eigenvalue weighted by atomic mass is 79.9. The Kier molecular flexibility index (Phi) is 4.19. The monoisotopic (exact) mass is 280 g/mol. The molecular formula is C10H11BrF2O2. The van der Waals surface area contributed by atoms with E-state index >= 15 is 0 Å². The Balaban J connectivity index is 3.18. The predicted molar refractivity (Wildman–Crippen MR) is 55.9 cm³/mol. The summed E-state index contributed by atoms with van der Waals surface area (Å²) in [5.41, 5.74) is -0.255. The topological polar surface area (TPSA) is 40.5 Å². The number of alkyl halides is 1. The predicted octanol–water partition coefficient (Wildman–Crippen LogP) is 2.06. The summed E-state index contributed by atoms with van der Waals surface area (Å²) >= 11 is 2.93. The van der Waals surface area contributed by atoms with Crippen molar-refractivity contribution >= 4 is 15.9 Å². The molecule has 2 nitrogen and oxygen atoms in total. The van der Waals surface area contributed by atoms with Crippen molar-refractivity contribution in [2.24, 2.45) is 0 Å². The van der Waals surface area contributed by atoms with Crippen LogP contribution in [0.3, 0.4) is 0 Å². The van der Waals surface area contributed by atoms with Crippen LogP contribution < -0.4 is 0 Å². The molecule has 0 radical (unpaired) electrons. The van der Waals surface area contributed by atoms with Crippen LogP contribution in [0.2, 0.25) is 0 Å². The molecule has 1 aromatic rings. The Morgan fingerprint density at radius 1 is 1.33 bits per heavy atom. The SMILES string of the molecule is Cc1ccc(F)c(C(O)C(O)CBr)c1F. The van der Waals surface area contributed by atoms with Crippen LogP contribution >= 0.6 is 15.9 Å². The van der Waals surface area contributed by atoms with Gasteiger partial charge in [0.2, 0.25) is 0 Å². The number of hydrogen-bond acceptors (Lipinski definition) is 2. The Bertz CT molecular complexity index is 358. The van der Waals surface area contributed by atoms with Gasteiger partial charge in [-0.05, 0) is 18.6 Å². The van der Waals surface area contributed by atoms with Crippen molar-refractivity contribution in [3.05, 3.63) is 34.9 Å². The molecule has 1 aromatic carbocycles. The number of rotatable bonds is 3. The van der Waals surface area contributed by atoms with Crippen molar-refractivity contribution in [1.29, 1.82) is 0 Å². The molecule has 5 heteroatoms. The highest BCUT2D eigenvalue weighted by molar-refractivity contribution is 9.09. The van der Waals surface area contributed by atoms with Crippen molar-refractivity contribution in [3.63, 3.8) is 0 Å². The third-order valence-corrected chi connectivity index (χ3v) is 2.80. The van der Waals surface area contributed by atoms with Crippen molar-refractivity contribution in [3.8, 4) is 0 Å². The van der Waals surface area contributed by atoms with Crippen molar-refractivity contribution in [1.82, 2.24) is 0 Å². The second-order valence-corrected chi connectivity index (χ2v) is 3.91. The van der Waals surface area contributed by atoms with Gasteiger partial charge in [0.25, 0.3) is 0 Å². The third kappa shape index (κ3) is 2.53. The zero-order valence-electron chi connectivity index (χ0n) is 8.04. The molecule has 84 valence electrons. The highest BCUT2D eigenvalue weighted by Gasteiger charge is 2.25. The van der Waals surface area contributed by atoms with E-state index in [0.717, 1.165) is 6.07 Å². The minimum Gasteiger partial charge on any atom is -0.389 e. The summed E-state index contributed by atoms with van der Waals surface area (Å²) in [6.45, 7) is 1.46. The fourth-order valence-electron chi connectivity index (χ4n) is 1.23. The minimum atomic E-state index is -1.57. The quantitative estimate of drug-likeness (QED) is 0.833. The molecule has 0 aliphatic heterocycles. The van der Waals surface area contributed by atoms with E-state index in [4.69, 9.17) is 0 Å². The summed E-state index contributed by atoms with van der Waals surface area (Å²) in [4.78, 5) is 0. The molecule has 2 atom stereocenters. The van der Waals surface area contributed by atoms with E-state index < -0.39 is 29.4 Å². The first kappa shape index (κ1) is 12.5. The second kappa shape index (κ2) is 5.01. The van der Waals surface area contributed by atoms with Crippen LogP contribution in [0.25, 0.3) is 0 Å². The van der Waals surface area contributed by atoms with Crippen LogP contribution in [0.15, 0.2) is 12.1 Å². The van der Waals surface area contributed by atoms with E-state index in [1.165, 1.54) is 13.0 Å². The third-order valence-electron chi connectivity index (χ3n) is 2.14. The van der Waals surface area contributed by atoms with Gasteiger partial charge < -0.3 is 10.2 Å². The molecule has 0 bridgehead atoms. The molecule has 0 aliphatic carbocycles. The zero-order valence-corrected chi connectivity index (χ0v) is 9.63. The summed E-state index contributed by atoms with van der Waals surface area (Å²) in [6.07, 6.45) is -2.81. The number of aliphatic hydroxyl groups excluding tert-OH is 2. The lowest BCUT2D eigenvalue weighted by Crippen LogP contribution is -2.22. The summed E-state index contributed by atoms with van der Waals surface area (Å²) < 4.78 is 26.7. The van der Waals surface area contributed by atoms with Crippen LogP contribution in [0.4, 0.5) is 8.78 Å².